The smallest absolute Gasteiger partial charge is 0.410 e. The highest BCUT2D eigenvalue weighted by molar-refractivity contribution is 7.81. The molecule has 0 bridgehead atoms. The van der Waals surface area contributed by atoms with E-state index in [0.717, 1.165) is 35.2 Å². The Labute approximate surface area is 242 Å². The maximum Gasteiger partial charge on any atom is 0.410 e. The Morgan fingerprint density at radius 3 is 1.85 bits per heavy atom. The predicted octanol–water partition coefficient (Wildman–Crippen LogP) is 3.66. The number of thiol groups is 2. The molecule has 2 N–H and O–H groups in total. The van der Waals surface area contributed by atoms with Crippen molar-refractivity contribution in [3.63, 3.8) is 0 Å². The molecule has 1 fully saturated rings. The molecule has 1 saturated heterocycles. The molecule has 1 heterocycles. The SMILES string of the molecule is CC(C)(C)OC(=O)N1CCN(c2ccc(CCNC(=O)CS)cc2)CC1c1ccc(CCNC(=O)CS)cc1. The number of ether oxygens (including phenoxy) is 1. The van der Waals surface area contributed by atoms with Crippen LogP contribution in [0.1, 0.15) is 43.5 Å². The number of carbonyl (C=O) groups is 3. The molecule has 3 rings (SSSR count). The first-order valence-corrected chi connectivity index (χ1v) is 14.5. The molecule has 0 saturated carbocycles. The third-order valence-corrected chi connectivity index (χ3v) is 7.01. The summed E-state index contributed by atoms with van der Waals surface area (Å²) in [6, 6.07) is 16.4. The van der Waals surface area contributed by atoms with E-state index in [1.165, 1.54) is 0 Å². The zero-order valence-electron chi connectivity index (χ0n) is 23.0. The molecular weight excluding hydrogens is 532 g/mol. The van der Waals surface area contributed by atoms with Crippen molar-refractivity contribution in [3.05, 3.63) is 65.2 Å². The Balaban J connectivity index is 1.72. The summed E-state index contributed by atoms with van der Waals surface area (Å²) in [4.78, 5) is 40.1. The summed E-state index contributed by atoms with van der Waals surface area (Å²) in [7, 11) is 0. The van der Waals surface area contributed by atoms with Crippen LogP contribution in [-0.2, 0) is 27.2 Å². The van der Waals surface area contributed by atoms with Gasteiger partial charge in [0.25, 0.3) is 0 Å². The maximum atomic E-state index is 13.2. The molecule has 2 aromatic rings. The van der Waals surface area contributed by atoms with Crippen LogP contribution in [0.4, 0.5) is 10.5 Å². The number of nitrogens with one attached hydrogen (secondary N) is 2. The van der Waals surface area contributed by atoms with Crippen LogP contribution in [0, 0.1) is 0 Å². The van der Waals surface area contributed by atoms with Gasteiger partial charge in [-0.2, -0.15) is 25.3 Å². The van der Waals surface area contributed by atoms with E-state index in [4.69, 9.17) is 4.74 Å². The molecule has 0 aromatic heterocycles. The number of benzene rings is 2. The van der Waals surface area contributed by atoms with Crippen LogP contribution in [-0.4, -0.2) is 72.6 Å². The van der Waals surface area contributed by atoms with Gasteiger partial charge in [-0.3, -0.25) is 14.5 Å². The topological polar surface area (TPSA) is 91.0 Å². The molecule has 0 radical (unpaired) electrons. The monoisotopic (exact) mass is 572 g/mol. The quantitative estimate of drug-likeness (QED) is 0.326. The summed E-state index contributed by atoms with van der Waals surface area (Å²) in [5, 5.41) is 5.68. The molecule has 39 heavy (non-hydrogen) atoms. The first kappa shape index (κ1) is 30.7. The highest BCUT2D eigenvalue weighted by atomic mass is 32.1. The highest BCUT2D eigenvalue weighted by Gasteiger charge is 2.34. The molecule has 0 spiro atoms. The van der Waals surface area contributed by atoms with Crippen LogP contribution in [0.3, 0.4) is 0 Å². The van der Waals surface area contributed by atoms with Crippen LogP contribution in [0.5, 0.6) is 0 Å². The first-order chi connectivity index (χ1) is 18.6. The highest BCUT2D eigenvalue weighted by Crippen LogP contribution is 2.30. The fraction of sp³-hybridized carbons (Fsp3) is 0.483. The van der Waals surface area contributed by atoms with E-state index in [2.05, 4.69) is 89.3 Å². The van der Waals surface area contributed by atoms with Crippen LogP contribution in [0.15, 0.2) is 48.5 Å². The summed E-state index contributed by atoms with van der Waals surface area (Å²) in [5.74, 6) is 0.206. The normalized spacial score (nSPS) is 15.6. The van der Waals surface area contributed by atoms with E-state index in [0.29, 0.717) is 32.7 Å². The average Bonchev–Trinajstić information content (AvgIpc) is 2.92. The average molecular weight is 573 g/mol. The first-order valence-electron chi connectivity index (χ1n) is 13.3. The van der Waals surface area contributed by atoms with Crippen molar-refractivity contribution in [3.8, 4) is 0 Å². The fourth-order valence-electron chi connectivity index (χ4n) is 4.43. The molecule has 1 atom stereocenters. The van der Waals surface area contributed by atoms with Crippen molar-refractivity contribution in [2.24, 2.45) is 0 Å². The summed E-state index contributed by atoms with van der Waals surface area (Å²) in [6.45, 7) is 8.62. The molecular formula is C29H40N4O4S2. The van der Waals surface area contributed by atoms with Gasteiger partial charge >= 0.3 is 6.09 Å². The number of anilines is 1. The largest absolute Gasteiger partial charge is 0.444 e. The van der Waals surface area contributed by atoms with E-state index >= 15 is 0 Å². The second-order valence-electron chi connectivity index (χ2n) is 10.6. The third-order valence-electron chi connectivity index (χ3n) is 6.43. The van der Waals surface area contributed by atoms with Crippen molar-refractivity contribution < 1.29 is 19.1 Å². The summed E-state index contributed by atoms with van der Waals surface area (Å²) in [6.07, 6.45) is 1.15. The van der Waals surface area contributed by atoms with Crippen LogP contribution in [0.25, 0.3) is 0 Å². The van der Waals surface area contributed by atoms with Crippen molar-refractivity contribution in [2.75, 3.05) is 49.1 Å². The molecule has 1 aliphatic heterocycles. The van der Waals surface area contributed by atoms with Gasteiger partial charge in [-0.05, 0) is 62.4 Å². The van der Waals surface area contributed by atoms with Crippen molar-refractivity contribution >= 4 is 48.9 Å². The Kier molecular flexibility index (Phi) is 11.4. The lowest BCUT2D eigenvalue weighted by Gasteiger charge is -2.43. The van der Waals surface area contributed by atoms with E-state index in [1.807, 2.05) is 25.7 Å². The predicted molar refractivity (Wildman–Crippen MR) is 162 cm³/mol. The zero-order chi connectivity index (χ0) is 28.4. The van der Waals surface area contributed by atoms with Gasteiger partial charge in [0.15, 0.2) is 0 Å². The molecule has 2 aromatic carbocycles. The second-order valence-corrected chi connectivity index (χ2v) is 11.2. The third kappa shape index (κ3) is 9.69. The minimum absolute atomic E-state index is 0.0721. The summed E-state index contributed by atoms with van der Waals surface area (Å²) < 4.78 is 5.75. The van der Waals surface area contributed by atoms with Gasteiger partial charge in [0.05, 0.1) is 17.5 Å². The molecule has 1 unspecified atom stereocenters. The number of carbonyl (C=O) groups excluding carboxylic acids is 3. The number of hydrogen-bond acceptors (Lipinski definition) is 7. The van der Waals surface area contributed by atoms with E-state index in [-0.39, 0.29) is 35.5 Å². The van der Waals surface area contributed by atoms with Gasteiger partial charge in [-0.15, -0.1) is 0 Å². The van der Waals surface area contributed by atoms with Crippen LogP contribution < -0.4 is 15.5 Å². The Hall–Kier alpha value is -2.85. The van der Waals surface area contributed by atoms with Gasteiger partial charge in [-0.25, -0.2) is 4.79 Å². The summed E-state index contributed by atoms with van der Waals surface area (Å²) in [5.41, 5.74) is 3.79. The second kappa shape index (κ2) is 14.5. The Morgan fingerprint density at radius 2 is 1.36 bits per heavy atom. The lowest BCUT2D eigenvalue weighted by molar-refractivity contribution is -0.119. The maximum absolute atomic E-state index is 13.2. The number of piperazine rings is 1. The molecule has 10 heteroatoms. The molecule has 8 nitrogen and oxygen atoms in total. The Morgan fingerprint density at radius 1 is 0.846 bits per heavy atom. The molecule has 212 valence electrons. The van der Waals surface area contributed by atoms with E-state index in [9.17, 15) is 14.4 Å². The van der Waals surface area contributed by atoms with Crippen LogP contribution >= 0.6 is 25.3 Å². The number of rotatable bonds is 10. The molecule has 0 aliphatic carbocycles. The number of amides is 3. The van der Waals surface area contributed by atoms with Crippen LogP contribution in [0.2, 0.25) is 0 Å². The minimum Gasteiger partial charge on any atom is -0.444 e. The number of hydrogen-bond donors (Lipinski definition) is 4. The zero-order valence-corrected chi connectivity index (χ0v) is 24.8. The van der Waals surface area contributed by atoms with E-state index in [1.54, 1.807) is 0 Å². The van der Waals surface area contributed by atoms with Gasteiger partial charge in [0, 0.05) is 38.4 Å². The van der Waals surface area contributed by atoms with Crippen molar-refractivity contribution in [1.29, 1.82) is 0 Å². The van der Waals surface area contributed by atoms with E-state index < -0.39 is 5.60 Å². The lowest BCUT2D eigenvalue weighted by atomic mass is 9.99. The summed E-state index contributed by atoms with van der Waals surface area (Å²) >= 11 is 7.97. The van der Waals surface area contributed by atoms with Crippen molar-refractivity contribution in [1.82, 2.24) is 15.5 Å². The number of nitrogens with zero attached hydrogens (tertiary/aromatic N) is 2. The molecule has 1 aliphatic rings. The van der Waals surface area contributed by atoms with Crippen molar-refractivity contribution in [2.45, 2.75) is 45.3 Å². The lowest BCUT2D eigenvalue weighted by Crippen LogP contribution is -2.52. The van der Waals surface area contributed by atoms with Gasteiger partial charge < -0.3 is 20.3 Å². The fourth-order valence-corrected chi connectivity index (χ4v) is 4.65. The van der Waals surface area contributed by atoms with Gasteiger partial charge in [0.2, 0.25) is 11.8 Å². The Bertz CT molecular complexity index is 1100. The van der Waals surface area contributed by atoms with Gasteiger partial charge in [0.1, 0.15) is 5.60 Å². The van der Waals surface area contributed by atoms with Gasteiger partial charge in [-0.1, -0.05) is 36.4 Å². The standard InChI is InChI=1S/C29H40N4O4S2/c1-29(2,3)37-28(36)33-17-16-32(24-10-6-22(7-11-24)13-15-31-27(35)20-39)18-25(33)23-8-4-21(5-9-23)12-14-30-26(34)19-38/h4-11,25,38-39H,12-20H2,1-3H3,(H,30,34)(H,31,35). The molecule has 3 amide bonds. The minimum atomic E-state index is -0.581.